The molecule has 0 radical (unpaired) electrons. The van der Waals surface area contributed by atoms with Gasteiger partial charge in [0, 0.05) is 0 Å². The summed E-state index contributed by atoms with van der Waals surface area (Å²) in [5.41, 5.74) is 0. The zero-order chi connectivity index (χ0) is 54.2. The van der Waals surface area contributed by atoms with E-state index in [0.717, 1.165) is 0 Å². The molecule has 0 bridgehead atoms. The number of alkyl halides is 34. The van der Waals surface area contributed by atoms with E-state index < -0.39 is 155 Å². The third-order valence-corrected chi connectivity index (χ3v) is 8.93. The van der Waals surface area contributed by atoms with Crippen molar-refractivity contribution >= 4 is 22.1 Å². The second-order valence-corrected chi connectivity index (χ2v) is 13.9. The van der Waals surface area contributed by atoms with Crippen LogP contribution in [0.5, 0.6) is 0 Å². The van der Waals surface area contributed by atoms with Crippen molar-refractivity contribution < 1.29 is 211 Å². The summed E-state index contributed by atoms with van der Waals surface area (Å²) in [7, 11) is -6.79. The van der Waals surface area contributed by atoms with E-state index in [0.29, 0.717) is 0 Å². The van der Waals surface area contributed by atoms with Crippen LogP contribution in [0.3, 0.4) is 0 Å². The Labute approximate surface area is 365 Å². The molecule has 67 heavy (non-hydrogen) atoms. The molecule has 394 valence electrons. The van der Waals surface area contributed by atoms with E-state index in [1.165, 1.54) is 0 Å². The normalized spacial score (nSPS) is 16.3. The number of esters is 2. The van der Waals surface area contributed by atoms with Gasteiger partial charge in [0.2, 0.25) is 0 Å². The maximum atomic E-state index is 14.0. The fourth-order valence-corrected chi connectivity index (χ4v) is 4.53. The Bertz CT molecular complexity index is 1870. The Kier molecular flexibility index (Phi) is 18.5. The first-order valence-electron chi connectivity index (χ1n) is 14.8. The Morgan fingerprint density at radius 1 is 0.373 bits per heavy atom. The van der Waals surface area contributed by atoms with E-state index in [4.69, 9.17) is 0 Å². The molecule has 0 heterocycles. The van der Waals surface area contributed by atoms with Crippen molar-refractivity contribution in [1.29, 1.82) is 0 Å². The van der Waals surface area contributed by atoms with Crippen LogP contribution in [-0.4, -0.2) is 139 Å². The zero-order valence-corrected chi connectivity index (χ0v) is 33.0. The summed E-state index contributed by atoms with van der Waals surface area (Å²) in [6, 6.07) is 0. The quantitative estimate of drug-likeness (QED) is 0.0490. The van der Waals surface area contributed by atoms with Gasteiger partial charge in [-0.25, -0.2) is 8.42 Å². The van der Waals surface area contributed by atoms with Gasteiger partial charge in [0.15, 0.2) is 5.25 Å². The smallest absolute Gasteiger partial charge is 0.747 e. The second kappa shape index (κ2) is 18.6. The van der Waals surface area contributed by atoms with Gasteiger partial charge in [-0.15, -0.1) is 0 Å². The average Bonchev–Trinajstić information content (AvgIpc) is 3.07. The van der Waals surface area contributed by atoms with Crippen LogP contribution in [0, 0.1) is 0 Å². The van der Waals surface area contributed by atoms with Crippen LogP contribution in [0.1, 0.15) is 19.3 Å². The Morgan fingerprint density at radius 3 is 0.806 bits per heavy atom. The number of halogens is 34. The first kappa shape index (κ1) is 66.6. The largest absolute Gasteiger partial charge is 1.00 e. The van der Waals surface area contributed by atoms with Gasteiger partial charge >= 0.3 is 137 Å². The Morgan fingerprint density at radius 2 is 0.582 bits per heavy atom. The van der Waals surface area contributed by atoms with Gasteiger partial charge in [-0.05, 0) is 0 Å². The van der Waals surface area contributed by atoms with E-state index in [-0.39, 0.29) is 29.6 Å². The molecule has 0 aromatic carbocycles. The fraction of sp³-hybridized carbons (Fsp3) is 0.917. The summed E-state index contributed by atoms with van der Waals surface area (Å²) in [5, 5.41) is -4.09. The summed E-state index contributed by atoms with van der Waals surface area (Å²) in [6.45, 7) is -5.94. The molecule has 0 amide bonds. The van der Waals surface area contributed by atoms with Crippen molar-refractivity contribution in [1.82, 2.24) is 0 Å². The van der Waals surface area contributed by atoms with E-state index in [9.17, 15) is 172 Å². The molecule has 0 rings (SSSR count). The monoisotopic (exact) mass is 1110 g/mol. The molecule has 0 saturated heterocycles. The predicted molar refractivity (Wildman–Crippen MR) is 131 cm³/mol. The number of hydrogen-bond acceptors (Lipinski definition) is 7. The molecule has 0 aliphatic rings. The number of rotatable bonds is 22. The van der Waals surface area contributed by atoms with Crippen LogP contribution in [-0.2, 0) is 29.2 Å². The number of carbonyl (C=O) groups excluding carboxylic acids is 2. The van der Waals surface area contributed by atoms with Crippen molar-refractivity contribution in [3.63, 3.8) is 0 Å². The first-order valence-corrected chi connectivity index (χ1v) is 16.3. The summed E-state index contributed by atoms with van der Waals surface area (Å²) in [4.78, 5) is 23.5. The van der Waals surface area contributed by atoms with Crippen molar-refractivity contribution in [2.45, 2.75) is 120 Å². The zero-order valence-electron chi connectivity index (χ0n) is 30.2. The molecule has 0 fully saturated rings. The van der Waals surface area contributed by atoms with Crippen LogP contribution in [0.25, 0.3) is 0 Å². The van der Waals surface area contributed by atoms with Crippen LogP contribution < -0.4 is 29.6 Å². The van der Waals surface area contributed by atoms with Gasteiger partial charge in [0.05, 0.1) is 32.5 Å². The van der Waals surface area contributed by atoms with Crippen LogP contribution in [0.4, 0.5) is 149 Å². The molecular weight excluding hydrogens is 1100 g/mol. The topological polar surface area (TPSA) is 110 Å². The van der Waals surface area contributed by atoms with Crippen LogP contribution in [0.2, 0.25) is 0 Å². The summed E-state index contributed by atoms with van der Waals surface area (Å²) in [5.74, 6) is -127. The van der Waals surface area contributed by atoms with Crippen molar-refractivity contribution in [2.24, 2.45) is 0 Å². The molecule has 0 N–H and O–H groups in total. The van der Waals surface area contributed by atoms with Crippen LogP contribution >= 0.6 is 0 Å². The standard InChI is InChI=1S/C24H12F34O7S.Na/c25-9(26,11(29,30)13(33,34)15(37,38)17(41,42)19(45,46)21(49,50)23(53,54)55)1-3-64-7(59)5-6(66(61,62)63)8(60)65-4-2-10(27,28)12(31,32)14(35,36)16(39,40)18(43,44)20(47,48)22(51,52)24(56,57)58;/h6H,1-5H2,(H,61,62,63);/q;+1/p-1. The second-order valence-electron chi connectivity index (χ2n) is 12.4. The Hall–Kier alpha value is -2.53. The molecule has 0 aromatic rings. The van der Waals surface area contributed by atoms with E-state index in [1.54, 1.807) is 0 Å². The summed E-state index contributed by atoms with van der Waals surface area (Å²) in [6.07, 6.45) is -26.3. The van der Waals surface area contributed by atoms with Crippen molar-refractivity contribution in [3.8, 4) is 0 Å². The molecule has 1 unspecified atom stereocenters. The van der Waals surface area contributed by atoms with E-state index >= 15 is 0 Å². The Balaban J connectivity index is 0. The average molecular weight is 1110 g/mol. The predicted octanol–water partition coefficient (Wildman–Crippen LogP) is 7.18. The van der Waals surface area contributed by atoms with E-state index in [2.05, 4.69) is 9.47 Å². The maximum absolute atomic E-state index is 14.0. The third kappa shape index (κ3) is 10.5. The van der Waals surface area contributed by atoms with Gasteiger partial charge in [0.1, 0.15) is 10.1 Å². The third-order valence-electron chi connectivity index (χ3n) is 7.88. The van der Waals surface area contributed by atoms with Crippen LogP contribution in [0.15, 0.2) is 0 Å². The first-order chi connectivity index (χ1) is 28.1. The van der Waals surface area contributed by atoms with Gasteiger partial charge in [-0.2, -0.15) is 149 Å². The minimum atomic E-state index is -9.11. The van der Waals surface area contributed by atoms with Gasteiger partial charge in [-0.3, -0.25) is 9.59 Å². The maximum Gasteiger partial charge on any atom is 1.00 e. The summed E-state index contributed by atoms with van der Waals surface area (Å²) >= 11 is 0. The summed E-state index contributed by atoms with van der Waals surface area (Å²) < 4.78 is 493. The van der Waals surface area contributed by atoms with Gasteiger partial charge in [0.25, 0.3) is 0 Å². The van der Waals surface area contributed by atoms with Crippen molar-refractivity contribution in [2.75, 3.05) is 13.2 Å². The fourth-order valence-electron chi connectivity index (χ4n) is 3.89. The molecule has 0 aliphatic carbocycles. The van der Waals surface area contributed by atoms with E-state index in [1.807, 2.05) is 0 Å². The number of carbonyl (C=O) groups is 2. The van der Waals surface area contributed by atoms with Gasteiger partial charge in [-0.1, -0.05) is 0 Å². The molecule has 0 spiro atoms. The molecule has 1 atom stereocenters. The molecule has 43 heteroatoms. The number of hydrogen-bond donors (Lipinski definition) is 0. The molecule has 0 aliphatic heterocycles. The molecule has 0 saturated carbocycles. The van der Waals surface area contributed by atoms with Gasteiger partial charge < -0.3 is 14.0 Å². The molecular formula is C24H11F34NaO7S. The minimum absolute atomic E-state index is 0. The SMILES string of the molecule is O=C(CC(C(=O)OCCC(F)(F)C(F)(F)C(F)(F)C(F)(F)C(F)(F)C(F)(F)C(F)(F)C(F)(F)F)S(=O)(=O)[O-])OCCC(F)(F)C(F)(F)C(F)(F)C(F)(F)C(F)(F)C(F)(F)C(F)(F)C(F)(F)F.[Na+]. The molecule has 7 nitrogen and oxygen atoms in total. The van der Waals surface area contributed by atoms with Crippen molar-refractivity contribution in [3.05, 3.63) is 0 Å². The minimum Gasteiger partial charge on any atom is -0.747 e. The number of ether oxygens (including phenoxy) is 2. The molecule has 0 aromatic heterocycles.